The molecule has 48 heavy (non-hydrogen) atoms. The van der Waals surface area contributed by atoms with Gasteiger partial charge in [0.05, 0.1) is 23.2 Å². The largest absolute Gasteiger partial charge is 0.447 e. The summed E-state index contributed by atoms with van der Waals surface area (Å²) in [6.45, 7) is 11.6. The quantitative estimate of drug-likeness (QED) is 0.0936. The summed E-state index contributed by atoms with van der Waals surface area (Å²) in [5.74, 6) is 0.809. The molecule has 1 fully saturated rings. The number of carbonyl (C=O) groups is 1. The monoisotopic (exact) mass is 684 g/mol. The molecule has 1 aromatic heterocycles. The van der Waals surface area contributed by atoms with Gasteiger partial charge in [-0.2, -0.15) is 11.8 Å². The smallest absolute Gasteiger partial charge is 0.307 e. The number of fused-ring (bicyclic) bond motifs is 1. The van der Waals surface area contributed by atoms with Crippen molar-refractivity contribution in [2.45, 2.75) is 83.8 Å². The summed E-state index contributed by atoms with van der Waals surface area (Å²) in [6, 6.07) is 26.8. The minimum atomic E-state index is -0.910. The Kier molecular flexibility index (Phi) is 12.1. The molecule has 1 saturated carbocycles. The fourth-order valence-electron chi connectivity index (χ4n) is 6.39. The van der Waals surface area contributed by atoms with E-state index in [9.17, 15) is 9.90 Å². The fourth-order valence-corrected chi connectivity index (χ4v) is 8.12. The lowest BCUT2D eigenvalue weighted by Crippen LogP contribution is -2.36. The van der Waals surface area contributed by atoms with Crippen LogP contribution in [0.4, 0.5) is 0 Å². The van der Waals surface area contributed by atoms with E-state index in [2.05, 4.69) is 67.3 Å². The molecule has 1 unspecified atom stereocenters. The molecule has 5 nitrogen and oxygen atoms in total. The highest BCUT2D eigenvalue weighted by Crippen LogP contribution is 2.53. The van der Waals surface area contributed by atoms with Crippen LogP contribution in [-0.2, 0) is 21.6 Å². The Morgan fingerprint density at radius 3 is 2.52 bits per heavy atom. The second kappa shape index (κ2) is 16.0. The number of ether oxygens (including phenoxy) is 1. The van der Waals surface area contributed by atoms with Gasteiger partial charge in [-0.3, -0.25) is 9.69 Å². The zero-order valence-electron chi connectivity index (χ0n) is 28.9. The second-order valence-corrected chi connectivity index (χ2v) is 15.2. The van der Waals surface area contributed by atoms with Gasteiger partial charge in [0.1, 0.15) is 0 Å². The minimum absolute atomic E-state index is 0.00383. The number of esters is 1. The molecular formula is C41H49ClN2O3S. The first kappa shape index (κ1) is 36.1. The van der Waals surface area contributed by atoms with Gasteiger partial charge in [-0.25, -0.2) is 4.98 Å². The Morgan fingerprint density at radius 2 is 1.79 bits per heavy atom. The van der Waals surface area contributed by atoms with E-state index in [4.69, 9.17) is 21.3 Å². The van der Waals surface area contributed by atoms with Crippen LogP contribution in [0.5, 0.6) is 0 Å². The first-order chi connectivity index (χ1) is 23.0. The number of hydrogen-bond acceptors (Lipinski definition) is 6. The van der Waals surface area contributed by atoms with Crippen molar-refractivity contribution in [1.29, 1.82) is 0 Å². The van der Waals surface area contributed by atoms with Crippen molar-refractivity contribution in [3.05, 3.63) is 112 Å². The molecule has 0 saturated heterocycles. The van der Waals surface area contributed by atoms with Crippen LogP contribution >= 0.6 is 23.4 Å². The summed E-state index contributed by atoms with van der Waals surface area (Å²) >= 11 is 8.16. The fraction of sp³-hybridized carbons (Fsp3) is 0.415. The highest BCUT2D eigenvalue weighted by atomic mass is 35.5. The SMILES string of the molecule is CCN(CC)C(C)OC(=O)CC1(CS[C@H](CCc2ccccc2C(C)(C)O)c2cccc(C=Cc3ccc4ccc(Cl)cc4n3)c2)CC1. The Labute approximate surface area is 295 Å². The molecular weight excluding hydrogens is 636 g/mol. The number of halogens is 1. The Balaban J connectivity index is 1.33. The number of nitrogens with zero attached hydrogens (tertiary/aromatic N) is 2. The molecule has 7 heteroatoms. The number of aromatic nitrogens is 1. The maximum absolute atomic E-state index is 13.0. The summed E-state index contributed by atoms with van der Waals surface area (Å²) in [5, 5.41) is 12.8. The van der Waals surface area contributed by atoms with Gasteiger partial charge in [0.25, 0.3) is 0 Å². The lowest BCUT2D eigenvalue weighted by Gasteiger charge is -2.27. The van der Waals surface area contributed by atoms with Crippen LogP contribution in [0.3, 0.4) is 0 Å². The van der Waals surface area contributed by atoms with E-state index >= 15 is 0 Å². The van der Waals surface area contributed by atoms with Crippen LogP contribution in [0, 0.1) is 5.41 Å². The topological polar surface area (TPSA) is 62.7 Å². The van der Waals surface area contributed by atoms with Gasteiger partial charge in [-0.1, -0.05) is 92.2 Å². The molecule has 254 valence electrons. The van der Waals surface area contributed by atoms with E-state index in [1.807, 2.05) is 75.0 Å². The maximum atomic E-state index is 13.0. The zero-order valence-corrected chi connectivity index (χ0v) is 30.5. The van der Waals surface area contributed by atoms with Crippen molar-refractivity contribution in [2.24, 2.45) is 5.41 Å². The molecule has 1 heterocycles. The van der Waals surface area contributed by atoms with E-state index in [1.54, 1.807) is 0 Å². The Morgan fingerprint density at radius 1 is 1.04 bits per heavy atom. The first-order valence-electron chi connectivity index (χ1n) is 17.2. The third-order valence-electron chi connectivity index (χ3n) is 9.45. The van der Waals surface area contributed by atoms with Gasteiger partial charge >= 0.3 is 5.97 Å². The molecule has 2 atom stereocenters. The van der Waals surface area contributed by atoms with Crippen LogP contribution in [0.25, 0.3) is 23.1 Å². The lowest BCUT2D eigenvalue weighted by atomic mass is 9.90. The van der Waals surface area contributed by atoms with Crippen molar-refractivity contribution in [1.82, 2.24) is 9.88 Å². The molecule has 4 aromatic rings. The molecule has 1 N–H and O–H groups in total. The van der Waals surface area contributed by atoms with Crippen molar-refractivity contribution in [3.8, 4) is 0 Å². The second-order valence-electron chi connectivity index (χ2n) is 13.6. The van der Waals surface area contributed by atoms with E-state index in [0.29, 0.717) is 11.4 Å². The summed E-state index contributed by atoms with van der Waals surface area (Å²) in [7, 11) is 0. The number of pyridine rings is 1. The molecule has 0 aliphatic heterocycles. The van der Waals surface area contributed by atoms with Gasteiger partial charge in [0.15, 0.2) is 6.23 Å². The summed E-state index contributed by atoms with van der Waals surface area (Å²) in [4.78, 5) is 20.0. The van der Waals surface area contributed by atoms with Gasteiger partial charge in [0.2, 0.25) is 0 Å². The Bertz CT molecular complexity index is 1720. The normalized spacial score (nSPS) is 15.6. The molecule has 3 aromatic carbocycles. The minimum Gasteiger partial charge on any atom is -0.447 e. The average Bonchev–Trinajstić information content (AvgIpc) is 3.82. The molecule has 0 amide bonds. The van der Waals surface area contributed by atoms with Crippen LogP contribution < -0.4 is 0 Å². The predicted molar refractivity (Wildman–Crippen MR) is 202 cm³/mol. The zero-order chi connectivity index (χ0) is 34.3. The summed E-state index contributed by atoms with van der Waals surface area (Å²) < 4.78 is 5.86. The first-order valence-corrected chi connectivity index (χ1v) is 18.6. The molecule has 1 aliphatic carbocycles. The highest BCUT2D eigenvalue weighted by molar-refractivity contribution is 7.99. The van der Waals surface area contributed by atoms with E-state index in [0.717, 1.165) is 72.2 Å². The Hall–Kier alpha value is -3.16. The average molecular weight is 685 g/mol. The highest BCUT2D eigenvalue weighted by Gasteiger charge is 2.45. The third kappa shape index (κ3) is 9.72. The van der Waals surface area contributed by atoms with E-state index in [1.165, 1.54) is 11.1 Å². The molecule has 0 radical (unpaired) electrons. The third-order valence-corrected chi connectivity index (χ3v) is 11.4. The number of rotatable bonds is 16. The van der Waals surface area contributed by atoms with Crippen LogP contribution in [-0.4, -0.2) is 46.0 Å². The van der Waals surface area contributed by atoms with Crippen LogP contribution in [0.2, 0.25) is 5.02 Å². The van der Waals surface area contributed by atoms with E-state index < -0.39 is 5.60 Å². The number of hydrogen-bond donors (Lipinski definition) is 1. The summed E-state index contributed by atoms with van der Waals surface area (Å²) in [5.41, 5.74) is 5.35. The van der Waals surface area contributed by atoms with Gasteiger partial charge in [0, 0.05) is 21.4 Å². The van der Waals surface area contributed by atoms with Crippen molar-refractivity contribution in [2.75, 3.05) is 18.8 Å². The van der Waals surface area contributed by atoms with Gasteiger partial charge in [-0.05, 0) is 111 Å². The van der Waals surface area contributed by atoms with Crippen LogP contribution in [0.1, 0.15) is 93.5 Å². The lowest BCUT2D eigenvalue weighted by molar-refractivity contribution is -0.158. The number of aryl methyl sites for hydroxylation is 1. The van der Waals surface area contributed by atoms with Crippen molar-refractivity contribution >= 4 is 52.4 Å². The van der Waals surface area contributed by atoms with Crippen LogP contribution in [0.15, 0.2) is 78.9 Å². The predicted octanol–water partition coefficient (Wildman–Crippen LogP) is 10.1. The summed E-state index contributed by atoms with van der Waals surface area (Å²) in [6.07, 6.45) is 8.28. The molecule has 0 spiro atoms. The van der Waals surface area contributed by atoms with Gasteiger partial charge in [-0.15, -0.1) is 0 Å². The van der Waals surface area contributed by atoms with Crippen molar-refractivity contribution in [3.63, 3.8) is 0 Å². The number of carbonyl (C=O) groups excluding carboxylic acids is 1. The number of thioether (sulfide) groups is 1. The van der Waals surface area contributed by atoms with E-state index in [-0.39, 0.29) is 22.9 Å². The van der Waals surface area contributed by atoms with Crippen molar-refractivity contribution < 1.29 is 14.6 Å². The standard InChI is InChI=1S/C41H49ClN2O3S/c1-6-44(7-2)29(3)47-39(45)27-41(23-24-41)28-48-38(22-18-31-12-8-9-14-36(31)40(4,5)46)33-13-10-11-30(25-33)15-20-35-21-17-32-16-19-34(42)26-37(32)43-35/h8-17,19-21,25-26,29,38,46H,6-7,18,22-24,27-28H2,1-5H3/t29?,38-/m1/s1. The molecule has 5 rings (SSSR count). The number of aliphatic hydroxyl groups is 1. The van der Waals surface area contributed by atoms with Gasteiger partial charge < -0.3 is 9.84 Å². The molecule has 0 bridgehead atoms. The number of benzene rings is 3. The maximum Gasteiger partial charge on any atom is 0.307 e. The molecule has 1 aliphatic rings.